The molecule has 0 bridgehead atoms. The smallest absolute Gasteiger partial charge is 0.255 e. The molecular formula is C16H23N5O5. The number of allylic oxidation sites excluding steroid dienone is 2. The van der Waals surface area contributed by atoms with E-state index in [1.807, 2.05) is 12.2 Å². The lowest BCUT2D eigenvalue weighted by molar-refractivity contribution is -0.124. The fraction of sp³-hybridized carbons (Fsp3) is 0.562. The molecule has 1 amide bonds. The number of hydrogen-bond acceptors (Lipinski definition) is 9. The first-order valence-corrected chi connectivity index (χ1v) is 8.34. The van der Waals surface area contributed by atoms with Crippen LogP contribution >= 0.6 is 0 Å². The van der Waals surface area contributed by atoms with Gasteiger partial charge in [0.1, 0.15) is 18.3 Å². The Hall–Kier alpha value is -2.27. The van der Waals surface area contributed by atoms with Crippen LogP contribution in [0.4, 0.5) is 0 Å². The van der Waals surface area contributed by atoms with Crippen LogP contribution in [-0.4, -0.2) is 83.3 Å². The van der Waals surface area contributed by atoms with Gasteiger partial charge in [-0.2, -0.15) is 0 Å². The molecule has 0 aliphatic carbocycles. The summed E-state index contributed by atoms with van der Waals surface area (Å²) in [7, 11) is 0. The van der Waals surface area contributed by atoms with Crippen molar-refractivity contribution in [1.82, 2.24) is 10.2 Å². The quantitative estimate of drug-likeness (QED) is 0.304. The van der Waals surface area contributed by atoms with E-state index < -0.39 is 36.7 Å². The molecule has 10 heteroatoms. The molecule has 142 valence electrons. The molecule has 1 fully saturated rings. The van der Waals surface area contributed by atoms with Gasteiger partial charge in [0, 0.05) is 0 Å². The van der Waals surface area contributed by atoms with Crippen LogP contribution in [0.15, 0.2) is 34.8 Å². The summed E-state index contributed by atoms with van der Waals surface area (Å²) < 4.78 is 11.2. The second kappa shape index (κ2) is 7.96. The van der Waals surface area contributed by atoms with Crippen molar-refractivity contribution in [2.24, 2.45) is 15.7 Å². The van der Waals surface area contributed by atoms with Crippen LogP contribution in [0.25, 0.3) is 0 Å². The van der Waals surface area contributed by atoms with Gasteiger partial charge in [-0.1, -0.05) is 24.8 Å². The van der Waals surface area contributed by atoms with Crippen molar-refractivity contribution in [3.05, 3.63) is 24.8 Å². The third-order valence-corrected chi connectivity index (χ3v) is 4.35. The number of ether oxygens (including phenoxy) is 2. The van der Waals surface area contributed by atoms with Crippen molar-refractivity contribution in [3.63, 3.8) is 0 Å². The molecule has 3 heterocycles. The van der Waals surface area contributed by atoms with E-state index >= 15 is 0 Å². The Balaban J connectivity index is 1.58. The summed E-state index contributed by atoms with van der Waals surface area (Å²) in [5, 5.41) is 23.0. The Kier molecular flexibility index (Phi) is 5.67. The van der Waals surface area contributed by atoms with E-state index in [2.05, 4.69) is 21.9 Å². The zero-order chi connectivity index (χ0) is 18.7. The number of guanidine groups is 1. The largest absolute Gasteiger partial charge is 0.387 e. The summed E-state index contributed by atoms with van der Waals surface area (Å²) >= 11 is 0. The molecule has 26 heavy (non-hydrogen) atoms. The van der Waals surface area contributed by atoms with E-state index in [0.29, 0.717) is 13.0 Å². The van der Waals surface area contributed by atoms with Crippen LogP contribution in [-0.2, 0) is 14.3 Å². The van der Waals surface area contributed by atoms with Crippen LogP contribution < -0.4 is 11.1 Å². The summed E-state index contributed by atoms with van der Waals surface area (Å²) in [6.07, 6.45) is 2.85. The predicted molar refractivity (Wildman–Crippen MR) is 93.1 cm³/mol. The average Bonchev–Trinajstić information content (AvgIpc) is 3.14. The van der Waals surface area contributed by atoms with Crippen molar-refractivity contribution >= 4 is 18.2 Å². The van der Waals surface area contributed by atoms with Gasteiger partial charge in [0.15, 0.2) is 24.4 Å². The Morgan fingerprint density at radius 2 is 2.27 bits per heavy atom. The van der Waals surface area contributed by atoms with Gasteiger partial charge < -0.3 is 30.3 Å². The Labute approximate surface area is 150 Å². The van der Waals surface area contributed by atoms with E-state index in [1.54, 1.807) is 6.08 Å². The van der Waals surface area contributed by atoms with Crippen molar-refractivity contribution in [1.29, 1.82) is 0 Å². The molecule has 1 saturated heterocycles. The fourth-order valence-electron chi connectivity index (χ4n) is 3.05. The van der Waals surface area contributed by atoms with Crippen LogP contribution in [0, 0.1) is 0 Å². The molecule has 0 aromatic heterocycles. The molecule has 5 N–H and O–H groups in total. The number of aliphatic imine (C=N–C) groups is 2. The highest BCUT2D eigenvalue weighted by atomic mass is 16.6. The van der Waals surface area contributed by atoms with E-state index in [-0.39, 0.29) is 18.5 Å². The molecule has 0 aromatic carbocycles. The molecule has 3 aliphatic heterocycles. The molecular weight excluding hydrogens is 342 g/mol. The van der Waals surface area contributed by atoms with Gasteiger partial charge in [-0.05, 0) is 6.42 Å². The zero-order valence-electron chi connectivity index (χ0n) is 14.1. The number of rotatable bonds is 7. The Morgan fingerprint density at radius 1 is 1.46 bits per heavy atom. The minimum absolute atomic E-state index is 0.0211. The molecule has 0 spiro atoms. The molecule has 10 nitrogen and oxygen atoms in total. The molecule has 0 radical (unpaired) electrons. The number of carbonyl (C=O) groups is 1. The number of hydrogen-bond donors (Lipinski definition) is 4. The van der Waals surface area contributed by atoms with Gasteiger partial charge >= 0.3 is 0 Å². The highest BCUT2D eigenvalue weighted by molar-refractivity contribution is 6.02. The minimum atomic E-state index is -1.20. The highest BCUT2D eigenvalue weighted by Gasteiger charge is 2.51. The van der Waals surface area contributed by atoms with Gasteiger partial charge in [-0.3, -0.25) is 15.1 Å². The number of aliphatic hydroxyl groups excluding tert-OH is 2. The van der Waals surface area contributed by atoms with Crippen LogP contribution in [0.2, 0.25) is 0 Å². The minimum Gasteiger partial charge on any atom is -0.387 e. The lowest BCUT2D eigenvalue weighted by Gasteiger charge is -2.32. The van der Waals surface area contributed by atoms with E-state index in [9.17, 15) is 15.0 Å². The molecule has 0 saturated carbocycles. The standard InChI is InChI=1S/C16H23N5O5/c1-2-3-4-5-6-25-7-9-11(22)12(23)15(26-9)21-8-18-10-13(21)19-16(17)20-14(10)24/h2-4,8-13,15,22-23H,1,5-7H2,(H3,17,19,20,24)/t9-,10?,11+,12?,13?,15-/m1/s1. The fourth-order valence-corrected chi connectivity index (χ4v) is 3.05. The number of nitrogens with one attached hydrogen (secondary N) is 1. The third kappa shape index (κ3) is 3.63. The predicted octanol–water partition coefficient (Wildman–Crippen LogP) is -1.93. The first-order valence-electron chi connectivity index (χ1n) is 8.34. The lowest BCUT2D eigenvalue weighted by Crippen LogP contribution is -2.56. The lowest BCUT2D eigenvalue weighted by atomic mass is 10.1. The SMILES string of the molecule is C=CC=CCCOC[C@H]1O[C@@H](N2C=NC3C(=O)NC(N)=NC32)C(O)[C@H]1O. The highest BCUT2D eigenvalue weighted by Crippen LogP contribution is 2.29. The van der Waals surface area contributed by atoms with E-state index in [1.165, 1.54) is 11.2 Å². The number of nitrogens with zero attached hydrogens (tertiary/aromatic N) is 3. The molecule has 6 atom stereocenters. The van der Waals surface area contributed by atoms with Crippen molar-refractivity contribution in [2.45, 2.75) is 43.2 Å². The Morgan fingerprint density at radius 3 is 3.04 bits per heavy atom. The summed E-state index contributed by atoms with van der Waals surface area (Å²) in [6.45, 7) is 4.16. The average molecular weight is 365 g/mol. The Bertz CT molecular complexity index is 637. The second-order valence-corrected chi connectivity index (χ2v) is 6.15. The number of aliphatic hydroxyl groups is 2. The number of amides is 1. The van der Waals surface area contributed by atoms with E-state index in [0.717, 1.165) is 0 Å². The summed E-state index contributed by atoms with van der Waals surface area (Å²) in [5.74, 6) is -0.394. The van der Waals surface area contributed by atoms with Gasteiger partial charge in [0.05, 0.1) is 19.6 Å². The van der Waals surface area contributed by atoms with Crippen LogP contribution in [0.3, 0.4) is 0 Å². The topological polar surface area (TPSA) is 142 Å². The maximum absolute atomic E-state index is 11.9. The molecule has 3 unspecified atom stereocenters. The van der Waals surface area contributed by atoms with Crippen molar-refractivity contribution < 1.29 is 24.5 Å². The van der Waals surface area contributed by atoms with Crippen molar-refractivity contribution in [2.75, 3.05) is 13.2 Å². The summed E-state index contributed by atoms with van der Waals surface area (Å²) in [6, 6.07) is -0.762. The first-order chi connectivity index (χ1) is 12.5. The third-order valence-electron chi connectivity index (χ3n) is 4.35. The summed E-state index contributed by atoms with van der Waals surface area (Å²) in [5.41, 5.74) is 5.60. The van der Waals surface area contributed by atoms with Crippen molar-refractivity contribution in [3.8, 4) is 0 Å². The number of fused-ring (bicyclic) bond motifs is 1. The molecule has 0 aromatic rings. The van der Waals surface area contributed by atoms with E-state index in [4.69, 9.17) is 15.2 Å². The zero-order valence-corrected chi connectivity index (χ0v) is 14.1. The number of nitrogens with two attached hydrogens (primary N) is 1. The monoisotopic (exact) mass is 365 g/mol. The second-order valence-electron chi connectivity index (χ2n) is 6.15. The first kappa shape index (κ1) is 18.5. The maximum atomic E-state index is 11.9. The molecule has 3 aliphatic rings. The maximum Gasteiger partial charge on any atom is 0.255 e. The van der Waals surface area contributed by atoms with Crippen LogP contribution in [0.5, 0.6) is 0 Å². The normalized spacial score (nSPS) is 36.3. The molecule has 3 rings (SSSR count). The van der Waals surface area contributed by atoms with Gasteiger partial charge in [0.25, 0.3) is 5.91 Å². The van der Waals surface area contributed by atoms with Crippen LogP contribution in [0.1, 0.15) is 6.42 Å². The van der Waals surface area contributed by atoms with Gasteiger partial charge in [-0.15, -0.1) is 0 Å². The summed E-state index contributed by atoms with van der Waals surface area (Å²) in [4.78, 5) is 21.7. The van der Waals surface area contributed by atoms with Gasteiger partial charge in [-0.25, -0.2) is 4.99 Å². The number of carbonyl (C=O) groups excluding carboxylic acids is 1. The van der Waals surface area contributed by atoms with Gasteiger partial charge in [0.2, 0.25) is 0 Å².